The van der Waals surface area contributed by atoms with Crippen LogP contribution in [-0.4, -0.2) is 4.92 Å². The third kappa shape index (κ3) is 2.80. The van der Waals surface area contributed by atoms with E-state index in [1.54, 1.807) is 6.07 Å². The van der Waals surface area contributed by atoms with Gasteiger partial charge in [0.05, 0.1) is 16.4 Å². The van der Waals surface area contributed by atoms with Crippen LogP contribution in [0.15, 0.2) is 24.3 Å². The molecule has 0 spiro atoms. The molecule has 1 aromatic rings. The van der Waals surface area contributed by atoms with Gasteiger partial charge in [-0.05, 0) is 25.3 Å². The van der Waals surface area contributed by atoms with Gasteiger partial charge in [-0.1, -0.05) is 19.1 Å². The van der Waals surface area contributed by atoms with Crippen LogP contribution in [0.5, 0.6) is 0 Å². The van der Waals surface area contributed by atoms with Crippen molar-refractivity contribution in [3.05, 3.63) is 39.9 Å². The third-order valence-corrected chi connectivity index (χ3v) is 2.77. The van der Waals surface area contributed by atoms with Gasteiger partial charge < -0.3 is 0 Å². The summed E-state index contributed by atoms with van der Waals surface area (Å²) in [6, 6.07) is 8.72. The smallest absolute Gasteiger partial charge is 0.258 e. The van der Waals surface area contributed by atoms with Gasteiger partial charge in [-0.15, -0.1) is 0 Å². The lowest BCUT2D eigenvalue weighted by Crippen LogP contribution is -2.15. The molecule has 0 saturated carbocycles. The first-order valence-corrected chi connectivity index (χ1v) is 5.15. The summed E-state index contributed by atoms with van der Waals surface area (Å²) in [6.07, 6.45) is 1.27. The third-order valence-electron chi connectivity index (χ3n) is 2.77. The van der Waals surface area contributed by atoms with Crippen LogP contribution in [0.25, 0.3) is 0 Å². The number of nitro groups is 1. The molecule has 0 saturated heterocycles. The van der Waals surface area contributed by atoms with Crippen molar-refractivity contribution in [2.75, 3.05) is 0 Å². The lowest BCUT2D eigenvalue weighted by molar-refractivity contribution is -0.384. The van der Waals surface area contributed by atoms with Crippen molar-refractivity contribution in [1.29, 1.82) is 5.26 Å². The average Bonchev–Trinajstić information content (AvgIpc) is 2.29. The van der Waals surface area contributed by atoms with E-state index in [0.717, 1.165) is 12.0 Å². The maximum Gasteiger partial charge on any atom is 0.269 e. The highest BCUT2D eigenvalue weighted by molar-refractivity contribution is 5.35. The normalized spacial score (nSPS) is 13.8. The highest BCUT2D eigenvalue weighted by Crippen LogP contribution is 2.26. The second-order valence-corrected chi connectivity index (χ2v) is 4.13. The topological polar surface area (TPSA) is 66.9 Å². The molecule has 0 aliphatic rings. The van der Waals surface area contributed by atoms with Gasteiger partial charge in [-0.3, -0.25) is 10.1 Å². The number of nitro benzene ring substituents is 1. The minimum absolute atomic E-state index is 0.0777. The Labute approximate surface area is 94.7 Å². The molecule has 0 aliphatic carbocycles. The van der Waals surface area contributed by atoms with E-state index in [2.05, 4.69) is 6.07 Å². The molecule has 0 bridgehead atoms. The number of non-ortho nitro benzene ring substituents is 1. The number of nitrogens with zero attached hydrogens (tertiary/aromatic N) is 2. The zero-order valence-electron chi connectivity index (χ0n) is 9.43. The van der Waals surface area contributed by atoms with Gasteiger partial charge in [-0.25, -0.2) is 0 Å². The van der Waals surface area contributed by atoms with Crippen LogP contribution in [0, 0.1) is 26.9 Å². The standard InChI is InChI=1S/C12H14N2O2/c1-3-12(2,9-13)8-10-5-4-6-11(7-10)14(15)16/h4-7H,3,8H2,1-2H3. The van der Waals surface area contributed by atoms with E-state index in [1.165, 1.54) is 12.1 Å². The fourth-order valence-corrected chi connectivity index (χ4v) is 1.47. The zero-order chi connectivity index (χ0) is 12.2. The number of benzene rings is 1. The molecular formula is C12H14N2O2. The van der Waals surface area contributed by atoms with Crippen molar-refractivity contribution in [2.45, 2.75) is 26.7 Å². The minimum Gasteiger partial charge on any atom is -0.258 e. The first-order chi connectivity index (χ1) is 7.50. The molecule has 1 aromatic carbocycles. The van der Waals surface area contributed by atoms with Crippen LogP contribution in [0.4, 0.5) is 5.69 Å². The van der Waals surface area contributed by atoms with E-state index in [1.807, 2.05) is 19.9 Å². The SMILES string of the molecule is CCC(C)(C#N)Cc1cccc([N+](=O)[O-])c1. The molecule has 0 N–H and O–H groups in total. The molecule has 1 atom stereocenters. The van der Waals surface area contributed by atoms with E-state index >= 15 is 0 Å². The maximum absolute atomic E-state index is 10.6. The minimum atomic E-state index is -0.449. The molecule has 0 amide bonds. The number of nitriles is 1. The summed E-state index contributed by atoms with van der Waals surface area (Å²) in [5.41, 5.74) is 0.462. The van der Waals surface area contributed by atoms with E-state index in [4.69, 9.17) is 5.26 Å². The molecule has 0 radical (unpaired) electrons. The lowest BCUT2D eigenvalue weighted by atomic mass is 9.83. The first-order valence-electron chi connectivity index (χ1n) is 5.15. The molecule has 0 aromatic heterocycles. The van der Waals surface area contributed by atoms with Crippen molar-refractivity contribution in [2.24, 2.45) is 5.41 Å². The first kappa shape index (κ1) is 12.2. The fraction of sp³-hybridized carbons (Fsp3) is 0.417. The Bertz CT molecular complexity index is 437. The largest absolute Gasteiger partial charge is 0.269 e. The van der Waals surface area contributed by atoms with Crippen molar-refractivity contribution < 1.29 is 4.92 Å². The van der Waals surface area contributed by atoms with Crippen LogP contribution >= 0.6 is 0 Å². The molecule has 0 aliphatic heterocycles. The van der Waals surface area contributed by atoms with E-state index in [0.29, 0.717) is 6.42 Å². The van der Waals surface area contributed by atoms with Crippen molar-refractivity contribution in [1.82, 2.24) is 0 Å². The number of rotatable bonds is 4. The second-order valence-electron chi connectivity index (χ2n) is 4.13. The number of hydrogen-bond acceptors (Lipinski definition) is 3. The van der Waals surface area contributed by atoms with Gasteiger partial charge in [0.2, 0.25) is 0 Å². The van der Waals surface area contributed by atoms with E-state index in [9.17, 15) is 10.1 Å². The van der Waals surface area contributed by atoms with Crippen LogP contribution in [0.1, 0.15) is 25.8 Å². The van der Waals surface area contributed by atoms with Crippen molar-refractivity contribution >= 4 is 5.69 Å². The highest BCUT2D eigenvalue weighted by atomic mass is 16.6. The molecule has 0 heterocycles. The summed E-state index contributed by atoms with van der Waals surface area (Å²) in [7, 11) is 0. The molecule has 16 heavy (non-hydrogen) atoms. The Morgan fingerprint density at radius 3 is 2.75 bits per heavy atom. The zero-order valence-corrected chi connectivity index (χ0v) is 9.43. The lowest BCUT2D eigenvalue weighted by Gasteiger charge is -2.18. The monoisotopic (exact) mass is 218 g/mol. The van der Waals surface area contributed by atoms with Gasteiger partial charge in [0.1, 0.15) is 0 Å². The summed E-state index contributed by atoms with van der Waals surface area (Å²) >= 11 is 0. The highest BCUT2D eigenvalue weighted by Gasteiger charge is 2.22. The molecular weight excluding hydrogens is 204 g/mol. The van der Waals surface area contributed by atoms with Gasteiger partial charge >= 0.3 is 0 Å². The van der Waals surface area contributed by atoms with Gasteiger partial charge in [-0.2, -0.15) is 5.26 Å². The van der Waals surface area contributed by atoms with Crippen molar-refractivity contribution in [3.8, 4) is 6.07 Å². The van der Waals surface area contributed by atoms with Gasteiger partial charge in [0.15, 0.2) is 0 Å². The Hall–Kier alpha value is -1.89. The van der Waals surface area contributed by atoms with Gasteiger partial charge in [0, 0.05) is 12.1 Å². The van der Waals surface area contributed by atoms with Crippen LogP contribution in [0.2, 0.25) is 0 Å². The summed E-state index contributed by atoms with van der Waals surface area (Å²) in [5, 5.41) is 19.6. The molecule has 84 valence electrons. The summed E-state index contributed by atoms with van der Waals surface area (Å²) < 4.78 is 0. The van der Waals surface area contributed by atoms with Gasteiger partial charge in [0.25, 0.3) is 5.69 Å². The summed E-state index contributed by atoms with van der Waals surface area (Å²) in [6.45, 7) is 3.81. The van der Waals surface area contributed by atoms with E-state index in [-0.39, 0.29) is 5.69 Å². The Morgan fingerprint density at radius 2 is 2.25 bits per heavy atom. The molecule has 0 fully saturated rings. The molecule has 4 nitrogen and oxygen atoms in total. The Kier molecular flexibility index (Phi) is 3.62. The van der Waals surface area contributed by atoms with E-state index < -0.39 is 10.3 Å². The maximum atomic E-state index is 10.6. The van der Waals surface area contributed by atoms with Crippen LogP contribution in [0.3, 0.4) is 0 Å². The molecule has 1 rings (SSSR count). The molecule has 1 unspecified atom stereocenters. The predicted octanol–water partition coefficient (Wildman–Crippen LogP) is 3.08. The summed E-state index contributed by atoms with van der Waals surface area (Å²) in [5.74, 6) is 0. The van der Waals surface area contributed by atoms with Crippen LogP contribution < -0.4 is 0 Å². The number of hydrogen-bond donors (Lipinski definition) is 0. The Morgan fingerprint density at radius 1 is 1.56 bits per heavy atom. The Balaban J connectivity index is 2.94. The second kappa shape index (κ2) is 4.75. The van der Waals surface area contributed by atoms with Crippen molar-refractivity contribution in [3.63, 3.8) is 0 Å². The van der Waals surface area contributed by atoms with Crippen LogP contribution in [-0.2, 0) is 6.42 Å². The quantitative estimate of drug-likeness (QED) is 0.576. The summed E-state index contributed by atoms with van der Waals surface area (Å²) in [4.78, 5) is 10.2. The fourth-order valence-electron chi connectivity index (χ4n) is 1.47. The predicted molar refractivity (Wildman–Crippen MR) is 60.8 cm³/mol. The average molecular weight is 218 g/mol. The molecule has 4 heteroatoms.